The number of methoxy groups -OCH3 is 1. The van der Waals surface area contributed by atoms with Crippen molar-refractivity contribution >= 4 is 18.4 Å². The van der Waals surface area contributed by atoms with Crippen LogP contribution in [0.4, 0.5) is 0 Å². The lowest BCUT2D eigenvalue weighted by molar-refractivity contribution is -0.893. The first kappa shape index (κ1) is 29.2. The molecule has 0 heterocycles. The summed E-state index contributed by atoms with van der Waals surface area (Å²) in [5.74, 6) is 0.439. The van der Waals surface area contributed by atoms with E-state index in [4.69, 9.17) is 14.6 Å². The molecular weight excluding hydrogens is 478 g/mol. The second kappa shape index (κ2) is 13.9. The summed E-state index contributed by atoms with van der Waals surface area (Å²) in [5.41, 5.74) is 4.80. The molecule has 6 nitrogen and oxygen atoms in total. The van der Waals surface area contributed by atoms with E-state index in [1.807, 2.05) is 12.1 Å². The molecule has 0 amide bonds. The van der Waals surface area contributed by atoms with Gasteiger partial charge in [-0.15, -0.1) is 12.4 Å². The molecule has 0 aliphatic heterocycles. The van der Waals surface area contributed by atoms with Crippen LogP contribution < -0.4 is 9.47 Å². The van der Waals surface area contributed by atoms with Gasteiger partial charge in [-0.3, -0.25) is 4.79 Å². The zero-order valence-electron chi connectivity index (χ0n) is 21.2. The number of benzene rings is 3. The number of likely N-dealkylation sites (N-methyl/N-ethyl adjacent to an activating group) is 1. The number of nitrogens with zero attached hydrogens (tertiary/aromatic N) is 1. The normalized spacial score (nSPS) is 12.2. The molecule has 0 radical (unpaired) electrons. The van der Waals surface area contributed by atoms with Crippen LogP contribution in [0.1, 0.15) is 22.3 Å². The first-order valence-corrected chi connectivity index (χ1v) is 11.9. The third-order valence-corrected chi connectivity index (χ3v) is 6.02. The van der Waals surface area contributed by atoms with Crippen molar-refractivity contribution in [1.29, 1.82) is 0 Å². The maximum atomic E-state index is 11.0. The fourth-order valence-corrected chi connectivity index (χ4v) is 4.03. The van der Waals surface area contributed by atoms with Gasteiger partial charge in [0.25, 0.3) is 0 Å². The molecule has 7 heteroatoms. The fourth-order valence-electron chi connectivity index (χ4n) is 4.03. The Bertz CT molecular complexity index is 1080. The van der Waals surface area contributed by atoms with Crippen molar-refractivity contribution in [2.24, 2.45) is 0 Å². The van der Waals surface area contributed by atoms with Gasteiger partial charge in [0.15, 0.2) is 0 Å². The van der Waals surface area contributed by atoms with E-state index >= 15 is 0 Å². The highest BCUT2D eigenvalue weighted by Gasteiger charge is 2.21. The molecule has 0 saturated carbocycles. The van der Waals surface area contributed by atoms with Gasteiger partial charge in [-0.25, -0.2) is 0 Å². The molecule has 3 aromatic rings. The molecule has 0 fully saturated rings. The van der Waals surface area contributed by atoms with E-state index in [2.05, 4.69) is 50.5 Å². The predicted molar refractivity (Wildman–Crippen MR) is 144 cm³/mol. The highest BCUT2D eigenvalue weighted by atomic mass is 35.5. The average Bonchev–Trinajstić information content (AvgIpc) is 2.82. The number of ether oxygens (including phenoxy) is 2. The fraction of sp³-hybridized carbons (Fsp3) is 0.345. The third kappa shape index (κ3) is 9.53. The van der Waals surface area contributed by atoms with E-state index in [0.29, 0.717) is 22.3 Å². The summed E-state index contributed by atoms with van der Waals surface area (Å²) in [6.07, 6.45) is 1.36. The number of carboxylic acids is 1. The largest absolute Gasteiger partial charge is 0.497 e. The molecule has 5 rings (SSSR count). The zero-order valence-corrected chi connectivity index (χ0v) is 22.0. The summed E-state index contributed by atoms with van der Waals surface area (Å²) >= 11 is 0. The van der Waals surface area contributed by atoms with Crippen molar-refractivity contribution < 1.29 is 29.0 Å². The third-order valence-electron chi connectivity index (χ3n) is 6.02. The van der Waals surface area contributed by atoms with Crippen LogP contribution in [0, 0.1) is 0 Å². The minimum Gasteiger partial charge on any atom is -0.497 e. The Balaban J connectivity index is 0.000000481. The maximum absolute atomic E-state index is 11.0. The van der Waals surface area contributed by atoms with Crippen molar-refractivity contribution in [2.45, 2.75) is 25.4 Å². The summed E-state index contributed by atoms with van der Waals surface area (Å²) in [6.45, 7) is 1.54. The van der Waals surface area contributed by atoms with Gasteiger partial charge in [-0.05, 0) is 41.3 Å². The summed E-state index contributed by atoms with van der Waals surface area (Å²) < 4.78 is 11.5. The summed E-state index contributed by atoms with van der Waals surface area (Å²) in [5, 5.41) is 19.4. The van der Waals surface area contributed by atoms with Crippen molar-refractivity contribution in [3.05, 3.63) is 95.1 Å². The van der Waals surface area contributed by atoms with Gasteiger partial charge in [0.1, 0.15) is 30.8 Å². The lowest BCUT2D eigenvalue weighted by atomic mass is 9.94. The molecule has 1 atom stereocenters. The van der Waals surface area contributed by atoms with Gasteiger partial charge >= 0.3 is 5.97 Å². The quantitative estimate of drug-likeness (QED) is 0.290. The Morgan fingerprint density at radius 1 is 1.00 bits per heavy atom. The van der Waals surface area contributed by atoms with E-state index in [0.717, 1.165) is 18.7 Å². The molecule has 2 N–H and O–H groups in total. The molecule has 0 aromatic heterocycles. The SMILES string of the molecule is COc1ccc(CC[N+](C)(C)CC(O)COc2ccccc2CC(=O)O)cc1.Cl.c1cc2cc(c1)C2. The van der Waals surface area contributed by atoms with Crippen molar-refractivity contribution in [3.63, 3.8) is 0 Å². The molecule has 2 bridgehead atoms. The Labute approximate surface area is 220 Å². The number of halogens is 1. The molecule has 1 unspecified atom stereocenters. The maximum Gasteiger partial charge on any atom is 0.307 e. The average molecular weight is 515 g/mol. The minimum absolute atomic E-state index is 0. The highest BCUT2D eigenvalue weighted by molar-refractivity contribution is 5.85. The molecule has 2 aliphatic rings. The van der Waals surface area contributed by atoms with Crippen LogP contribution >= 0.6 is 12.4 Å². The summed E-state index contributed by atoms with van der Waals surface area (Å²) in [7, 11) is 5.80. The molecule has 0 saturated heterocycles. The highest BCUT2D eigenvalue weighted by Crippen LogP contribution is 2.20. The van der Waals surface area contributed by atoms with Gasteiger partial charge in [-0.2, -0.15) is 0 Å². The lowest BCUT2D eigenvalue weighted by Gasteiger charge is -2.32. The second-order valence-corrected chi connectivity index (χ2v) is 9.58. The van der Waals surface area contributed by atoms with Crippen molar-refractivity contribution in [3.8, 4) is 11.5 Å². The van der Waals surface area contributed by atoms with E-state index in [9.17, 15) is 9.90 Å². The van der Waals surface area contributed by atoms with Crippen LogP contribution in [0.15, 0.2) is 72.8 Å². The molecule has 194 valence electrons. The van der Waals surface area contributed by atoms with Crippen LogP contribution in [0.3, 0.4) is 0 Å². The van der Waals surface area contributed by atoms with Gasteiger partial charge in [-0.1, -0.05) is 54.6 Å². The van der Waals surface area contributed by atoms with Crippen LogP contribution in [0.25, 0.3) is 0 Å². The number of para-hydroxylation sites is 1. The molecule has 0 spiro atoms. The minimum atomic E-state index is -0.909. The number of quaternary nitrogens is 1. The Morgan fingerprint density at radius 3 is 2.17 bits per heavy atom. The molecule has 2 aliphatic carbocycles. The smallest absolute Gasteiger partial charge is 0.307 e. The number of hydrogen-bond acceptors (Lipinski definition) is 4. The zero-order chi connectivity index (χ0) is 25.3. The summed E-state index contributed by atoms with van der Waals surface area (Å²) in [4.78, 5) is 11.0. The van der Waals surface area contributed by atoms with E-state index < -0.39 is 12.1 Å². The second-order valence-electron chi connectivity index (χ2n) is 9.58. The number of aliphatic hydroxyl groups excluding tert-OH is 1. The number of carbonyl (C=O) groups is 1. The number of aliphatic carboxylic acids is 1. The van der Waals surface area contributed by atoms with Crippen LogP contribution in [0.5, 0.6) is 11.5 Å². The lowest BCUT2D eigenvalue weighted by Crippen LogP contribution is -2.48. The summed E-state index contributed by atoms with van der Waals surface area (Å²) in [6, 6.07) is 23.7. The van der Waals surface area contributed by atoms with Crippen LogP contribution in [-0.4, -0.2) is 67.7 Å². The standard InChI is InChI=1S/C22H29NO5.C7H6.ClH/c1-23(2,13-12-17-8-10-20(27-3)11-9-17)15-19(24)16-28-21-7-5-4-6-18(21)14-22(25)26;1-2-6-4-7(3-1)5-6;/h4-11,19,24H,12-16H2,1-3H3;1-4H,5H2;1H/p+1. The molecule has 3 aromatic carbocycles. The number of aliphatic hydroxyl groups is 1. The number of carboxylic acid groups (broad SMARTS) is 1. The van der Waals surface area contributed by atoms with E-state index in [1.54, 1.807) is 31.4 Å². The molecule has 36 heavy (non-hydrogen) atoms. The van der Waals surface area contributed by atoms with Crippen molar-refractivity contribution in [2.75, 3.05) is 40.9 Å². The van der Waals surface area contributed by atoms with Gasteiger partial charge in [0.05, 0.1) is 34.2 Å². The Hall–Kier alpha value is -3.06. The number of hydrogen-bond donors (Lipinski definition) is 2. The van der Waals surface area contributed by atoms with Gasteiger partial charge < -0.3 is 24.2 Å². The van der Waals surface area contributed by atoms with Crippen LogP contribution in [0.2, 0.25) is 0 Å². The Kier molecular flexibility index (Phi) is 11.2. The van der Waals surface area contributed by atoms with Crippen LogP contribution in [-0.2, 0) is 24.1 Å². The first-order chi connectivity index (χ1) is 16.7. The number of fused-ring (bicyclic) bond motifs is 2. The van der Waals surface area contributed by atoms with E-state index in [-0.39, 0.29) is 25.4 Å². The predicted octanol–water partition coefficient (Wildman–Crippen LogP) is 4.39. The Morgan fingerprint density at radius 2 is 1.64 bits per heavy atom. The molecular formula is C29H37ClNO5+. The topological polar surface area (TPSA) is 76.0 Å². The first-order valence-electron chi connectivity index (χ1n) is 11.9. The monoisotopic (exact) mass is 514 g/mol. The van der Waals surface area contributed by atoms with Crippen molar-refractivity contribution in [1.82, 2.24) is 0 Å². The van der Waals surface area contributed by atoms with Gasteiger partial charge in [0.2, 0.25) is 0 Å². The number of rotatable bonds is 11. The van der Waals surface area contributed by atoms with Gasteiger partial charge in [0, 0.05) is 12.0 Å². The van der Waals surface area contributed by atoms with E-state index in [1.165, 1.54) is 23.1 Å².